The number of fused-ring (bicyclic) bond motifs is 1. The summed E-state index contributed by atoms with van der Waals surface area (Å²) in [6, 6.07) is 0. The topological polar surface area (TPSA) is 66.8 Å². The first-order valence-electron chi connectivity index (χ1n) is 7.68. The van der Waals surface area contributed by atoms with Crippen LogP contribution in [0.1, 0.15) is 53.4 Å². The summed E-state index contributed by atoms with van der Waals surface area (Å²) in [4.78, 5) is 12.0. The summed E-state index contributed by atoms with van der Waals surface area (Å²) in [6.07, 6.45) is 2.22. The fourth-order valence-electron chi connectivity index (χ4n) is 5.44. The molecule has 0 aromatic rings. The van der Waals surface area contributed by atoms with Crippen molar-refractivity contribution in [3.05, 3.63) is 0 Å². The predicted octanol–water partition coefficient (Wildman–Crippen LogP) is 2.13. The van der Waals surface area contributed by atoms with Gasteiger partial charge in [0.1, 0.15) is 0 Å². The van der Waals surface area contributed by atoms with E-state index in [4.69, 9.17) is 4.74 Å². The molecule has 0 unspecified atom stereocenters. The van der Waals surface area contributed by atoms with Gasteiger partial charge in [0.2, 0.25) is 0 Å². The van der Waals surface area contributed by atoms with Crippen LogP contribution in [0.4, 0.5) is 0 Å². The van der Waals surface area contributed by atoms with Crippen LogP contribution < -0.4 is 0 Å². The van der Waals surface area contributed by atoms with Crippen LogP contribution in [0.15, 0.2) is 0 Å². The van der Waals surface area contributed by atoms with Crippen LogP contribution in [-0.4, -0.2) is 35.5 Å². The van der Waals surface area contributed by atoms with Gasteiger partial charge in [-0.2, -0.15) is 0 Å². The van der Waals surface area contributed by atoms with Crippen molar-refractivity contribution in [1.82, 2.24) is 0 Å². The summed E-state index contributed by atoms with van der Waals surface area (Å²) in [5, 5.41) is 20.6. The Morgan fingerprint density at radius 3 is 2.50 bits per heavy atom. The second-order valence-corrected chi connectivity index (χ2v) is 7.55. The van der Waals surface area contributed by atoms with E-state index < -0.39 is 16.9 Å². The van der Waals surface area contributed by atoms with E-state index in [1.54, 1.807) is 6.92 Å². The zero-order valence-corrected chi connectivity index (χ0v) is 13.1. The highest BCUT2D eigenvalue weighted by Crippen LogP contribution is 2.70. The molecule has 4 heteroatoms. The molecule has 2 aliphatic carbocycles. The van der Waals surface area contributed by atoms with Gasteiger partial charge in [-0.3, -0.25) is 4.79 Å². The predicted molar refractivity (Wildman–Crippen MR) is 76.0 cm³/mol. The molecule has 0 amide bonds. The van der Waals surface area contributed by atoms with Gasteiger partial charge in [-0.15, -0.1) is 0 Å². The molecule has 0 aromatic heterocycles. The van der Waals surface area contributed by atoms with Crippen molar-refractivity contribution in [2.75, 3.05) is 13.2 Å². The molecule has 2 rings (SSSR count). The van der Waals surface area contributed by atoms with Crippen molar-refractivity contribution in [2.24, 2.45) is 22.2 Å². The molecule has 4 atom stereocenters. The van der Waals surface area contributed by atoms with Crippen LogP contribution in [-0.2, 0) is 9.53 Å². The molecule has 0 bridgehead atoms. The highest BCUT2D eigenvalue weighted by Gasteiger charge is 2.69. The first-order chi connectivity index (χ1) is 9.23. The van der Waals surface area contributed by atoms with Crippen molar-refractivity contribution in [3.8, 4) is 0 Å². The highest BCUT2D eigenvalue weighted by molar-refractivity contribution is 5.70. The van der Waals surface area contributed by atoms with Crippen LogP contribution in [0.5, 0.6) is 0 Å². The average Bonchev–Trinajstić information content (AvgIpc) is 2.74. The van der Waals surface area contributed by atoms with Crippen molar-refractivity contribution in [3.63, 3.8) is 0 Å². The van der Waals surface area contributed by atoms with Gasteiger partial charge >= 0.3 is 5.97 Å². The van der Waals surface area contributed by atoms with Crippen LogP contribution in [0.25, 0.3) is 0 Å². The smallest absolute Gasteiger partial charge is 0.306 e. The Bertz CT molecular complexity index is 392. The number of ether oxygens (including phenoxy) is 1. The molecular formula is C16H28O4. The molecule has 0 aliphatic heterocycles. The van der Waals surface area contributed by atoms with Crippen LogP contribution in [0.2, 0.25) is 0 Å². The molecule has 2 fully saturated rings. The van der Waals surface area contributed by atoms with Crippen molar-refractivity contribution in [2.45, 2.75) is 59.5 Å². The van der Waals surface area contributed by atoms with Gasteiger partial charge in [-0.1, -0.05) is 20.8 Å². The number of aliphatic hydroxyl groups is 2. The molecule has 0 aromatic carbocycles. The zero-order valence-electron chi connectivity index (χ0n) is 13.1. The lowest BCUT2D eigenvalue weighted by Gasteiger charge is -2.45. The molecular weight excluding hydrogens is 256 g/mol. The maximum absolute atomic E-state index is 12.0. The summed E-state index contributed by atoms with van der Waals surface area (Å²) in [6.45, 7) is 8.53. The summed E-state index contributed by atoms with van der Waals surface area (Å²) in [5.41, 5.74) is -0.942. The molecule has 0 heterocycles. The molecule has 2 N–H and O–H groups in total. The third kappa shape index (κ3) is 2.00. The van der Waals surface area contributed by atoms with E-state index in [0.717, 1.165) is 12.8 Å². The number of hydrogen-bond acceptors (Lipinski definition) is 4. The maximum Gasteiger partial charge on any atom is 0.306 e. The van der Waals surface area contributed by atoms with Crippen molar-refractivity contribution < 1.29 is 19.7 Å². The fourth-order valence-corrected chi connectivity index (χ4v) is 5.44. The molecule has 116 valence electrons. The number of rotatable bonds is 4. The zero-order chi connectivity index (χ0) is 15.2. The average molecular weight is 284 g/mol. The summed E-state index contributed by atoms with van der Waals surface area (Å²) in [5.74, 6) is 0.0350. The lowest BCUT2D eigenvalue weighted by Crippen LogP contribution is -2.49. The minimum Gasteiger partial charge on any atom is -0.466 e. The Hall–Kier alpha value is -0.610. The van der Waals surface area contributed by atoms with Gasteiger partial charge in [0, 0.05) is 5.41 Å². The van der Waals surface area contributed by atoms with Crippen LogP contribution in [0, 0.1) is 22.2 Å². The molecule has 2 saturated carbocycles. The van der Waals surface area contributed by atoms with E-state index in [9.17, 15) is 15.0 Å². The monoisotopic (exact) mass is 284 g/mol. The van der Waals surface area contributed by atoms with E-state index >= 15 is 0 Å². The second kappa shape index (κ2) is 4.99. The Labute approximate surface area is 121 Å². The minimum absolute atomic E-state index is 0.0292. The van der Waals surface area contributed by atoms with Gasteiger partial charge in [-0.25, -0.2) is 0 Å². The van der Waals surface area contributed by atoms with Crippen molar-refractivity contribution >= 4 is 5.97 Å². The molecule has 2 aliphatic rings. The second-order valence-electron chi connectivity index (χ2n) is 7.55. The van der Waals surface area contributed by atoms with E-state index in [2.05, 4.69) is 13.8 Å². The number of hydrogen-bond donors (Lipinski definition) is 2. The van der Waals surface area contributed by atoms with Gasteiger partial charge in [0.25, 0.3) is 0 Å². The van der Waals surface area contributed by atoms with E-state index in [0.29, 0.717) is 13.0 Å². The van der Waals surface area contributed by atoms with E-state index in [1.165, 1.54) is 0 Å². The van der Waals surface area contributed by atoms with Crippen LogP contribution >= 0.6 is 0 Å². The molecule has 0 spiro atoms. The first-order valence-corrected chi connectivity index (χ1v) is 7.68. The highest BCUT2D eigenvalue weighted by atomic mass is 16.5. The van der Waals surface area contributed by atoms with E-state index in [-0.39, 0.29) is 30.3 Å². The summed E-state index contributed by atoms with van der Waals surface area (Å²) >= 11 is 0. The molecule has 0 radical (unpaired) electrons. The van der Waals surface area contributed by atoms with E-state index in [1.807, 2.05) is 6.92 Å². The normalized spacial score (nSPS) is 42.5. The van der Waals surface area contributed by atoms with Gasteiger partial charge in [-0.05, 0) is 42.9 Å². The molecule has 20 heavy (non-hydrogen) atoms. The number of esters is 1. The third-order valence-electron chi connectivity index (χ3n) is 5.96. The third-order valence-corrected chi connectivity index (χ3v) is 5.96. The van der Waals surface area contributed by atoms with Crippen molar-refractivity contribution in [1.29, 1.82) is 0 Å². The Morgan fingerprint density at radius 2 is 1.95 bits per heavy atom. The lowest BCUT2D eigenvalue weighted by atomic mass is 9.61. The minimum atomic E-state index is -0.566. The Morgan fingerprint density at radius 1 is 1.30 bits per heavy atom. The van der Waals surface area contributed by atoms with Crippen LogP contribution in [0.3, 0.4) is 0 Å². The standard InChI is InChI=1S/C16H28O4/c1-5-20-13(19)8-15(4)9-14(2,3)11-6-7-12(18)16(11,15)10-17/h11-12,17-18H,5-10H2,1-4H3/t11-,12+,15+,16+/m0/s1. The molecule has 0 saturated heterocycles. The summed E-state index contributed by atoms with van der Waals surface area (Å²) < 4.78 is 5.11. The van der Waals surface area contributed by atoms with Gasteiger partial charge in [0.05, 0.1) is 25.7 Å². The number of carbonyl (C=O) groups excluding carboxylic acids is 1. The largest absolute Gasteiger partial charge is 0.466 e. The number of carbonyl (C=O) groups is 1. The van der Waals surface area contributed by atoms with Gasteiger partial charge in [0.15, 0.2) is 0 Å². The quantitative estimate of drug-likeness (QED) is 0.776. The van der Waals surface area contributed by atoms with Gasteiger partial charge < -0.3 is 14.9 Å². The Kier molecular flexibility index (Phi) is 3.93. The molecule has 4 nitrogen and oxygen atoms in total. The fraction of sp³-hybridized carbons (Fsp3) is 0.938. The summed E-state index contributed by atoms with van der Waals surface area (Å²) in [7, 11) is 0. The number of aliphatic hydroxyl groups excluding tert-OH is 2. The lowest BCUT2D eigenvalue weighted by molar-refractivity contribution is -0.152. The Balaban J connectivity index is 2.38. The maximum atomic E-state index is 12.0. The first kappa shape index (κ1) is 15.8. The SMILES string of the molecule is CCOC(=O)C[C@]1(C)CC(C)(C)[C@@H]2CC[C@@H](O)[C@@]21CO.